The predicted octanol–water partition coefficient (Wildman–Crippen LogP) is 4.10. The Morgan fingerprint density at radius 3 is 2.24 bits per heavy atom. The molecule has 0 bridgehead atoms. The first-order valence-electron chi connectivity index (χ1n) is 4.97. The number of halogens is 3. The quantitative estimate of drug-likeness (QED) is 0.898. The van der Waals surface area contributed by atoms with E-state index in [0.29, 0.717) is 5.56 Å². The summed E-state index contributed by atoms with van der Waals surface area (Å²) in [6.45, 7) is 0. The normalized spacial score (nSPS) is 12.7. The van der Waals surface area contributed by atoms with Crippen molar-refractivity contribution in [2.75, 3.05) is 7.05 Å². The van der Waals surface area contributed by atoms with Crippen LogP contribution < -0.4 is 5.32 Å². The summed E-state index contributed by atoms with van der Waals surface area (Å²) < 4.78 is 27.3. The van der Waals surface area contributed by atoms with Crippen LogP contribution in [-0.4, -0.2) is 7.05 Å². The summed E-state index contributed by atoms with van der Waals surface area (Å²) in [5.41, 5.74) is 1.56. The van der Waals surface area contributed by atoms with Crippen molar-refractivity contribution in [3.05, 3.63) is 56.2 Å². The second-order valence-electron chi connectivity index (χ2n) is 3.61. The van der Waals surface area contributed by atoms with Crippen LogP contribution in [-0.2, 0) is 0 Å². The zero-order valence-electron chi connectivity index (χ0n) is 9.01. The minimum atomic E-state index is -0.561. The van der Waals surface area contributed by atoms with Gasteiger partial charge in [0.2, 0.25) is 0 Å². The fourth-order valence-electron chi connectivity index (χ4n) is 1.74. The van der Waals surface area contributed by atoms with Gasteiger partial charge in [-0.2, -0.15) is 0 Å². The van der Waals surface area contributed by atoms with Gasteiger partial charge in [0.05, 0.1) is 9.83 Å². The minimum absolute atomic E-state index is 0.206. The second kappa shape index (κ2) is 5.25. The first kappa shape index (κ1) is 12.7. The molecule has 5 heteroatoms. The van der Waals surface area contributed by atoms with Crippen LogP contribution in [0.1, 0.15) is 17.2 Å². The number of hydrogen-bond acceptors (Lipinski definition) is 2. The fourth-order valence-corrected chi connectivity index (χ4v) is 2.94. The third-order valence-corrected chi connectivity index (χ3v) is 3.95. The average Bonchev–Trinajstić information content (AvgIpc) is 2.64. The van der Waals surface area contributed by atoms with E-state index in [2.05, 4.69) is 21.2 Å². The molecular formula is C12H10BrF2NS. The van der Waals surface area contributed by atoms with Gasteiger partial charge in [-0.3, -0.25) is 0 Å². The molecule has 0 radical (unpaired) electrons. The Morgan fingerprint density at radius 1 is 1.12 bits per heavy atom. The van der Waals surface area contributed by atoms with Crippen LogP contribution in [0.4, 0.5) is 8.78 Å². The maximum atomic E-state index is 13.2. The number of thiophene rings is 1. The summed E-state index contributed by atoms with van der Waals surface area (Å²) in [6.07, 6.45) is 0. The van der Waals surface area contributed by atoms with E-state index in [1.54, 1.807) is 18.4 Å². The molecule has 0 saturated carbocycles. The Kier molecular flexibility index (Phi) is 3.91. The maximum absolute atomic E-state index is 13.2. The molecule has 17 heavy (non-hydrogen) atoms. The van der Waals surface area contributed by atoms with Gasteiger partial charge in [0, 0.05) is 6.07 Å². The molecule has 0 saturated heterocycles. The Hall–Kier alpha value is -0.780. The van der Waals surface area contributed by atoms with Crippen molar-refractivity contribution in [2.24, 2.45) is 0 Å². The van der Waals surface area contributed by atoms with E-state index in [0.717, 1.165) is 15.4 Å². The van der Waals surface area contributed by atoms with Crippen molar-refractivity contribution >= 4 is 27.3 Å². The van der Waals surface area contributed by atoms with Crippen molar-refractivity contribution in [3.8, 4) is 0 Å². The molecule has 1 aromatic carbocycles. The molecular weight excluding hydrogens is 308 g/mol. The lowest BCUT2D eigenvalue weighted by atomic mass is 10.0. The van der Waals surface area contributed by atoms with Gasteiger partial charge in [-0.15, -0.1) is 11.3 Å². The summed E-state index contributed by atoms with van der Waals surface area (Å²) in [4.78, 5) is 0. The van der Waals surface area contributed by atoms with Crippen molar-refractivity contribution < 1.29 is 8.78 Å². The Balaban J connectivity index is 2.41. The van der Waals surface area contributed by atoms with E-state index in [1.165, 1.54) is 12.1 Å². The van der Waals surface area contributed by atoms with E-state index in [4.69, 9.17) is 0 Å². The number of benzene rings is 1. The van der Waals surface area contributed by atoms with Crippen LogP contribution in [0, 0.1) is 11.6 Å². The lowest BCUT2D eigenvalue weighted by Crippen LogP contribution is -2.17. The maximum Gasteiger partial charge on any atom is 0.126 e. The van der Waals surface area contributed by atoms with Gasteiger partial charge in [-0.05, 0) is 57.7 Å². The van der Waals surface area contributed by atoms with E-state index >= 15 is 0 Å². The standard InChI is InChI=1S/C12H10BrF2NS/c1-16-12(8-4-11(13)17-6-8)7-2-9(14)5-10(15)3-7/h2-6,12,16H,1H3. The zero-order valence-corrected chi connectivity index (χ0v) is 11.4. The van der Waals surface area contributed by atoms with E-state index in [1.807, 2.05) is 11.4 Å². The van der Waals surface area contributed by atoms with Crippen molar-refractivity contribution in [1.82, 2.24) is 5.32 Å². The summed E-state index contributed by atoms with van der Waals surface area (Å²) >= 11 is 4.91. The third kappa shape index (κ3) is 2.91. The Labute approximate surface area is 111 Å². The van der Waals surface area contributed by atoms with Gasteiger partial charge in [-0.25, -0.2) is 8.78 Å². The van der Waals surface area contributed by atoms with Gasteiger partial charge in [0.25, 0.3) is 0 Å². The molecule has 1 atom stereocenters. The minimum Gasteiger partial charge on any atom is -0.309 e. The lowest BCUT2D eigenvalue weighted by Gasteiger charge is -2.15. The molecule has 1 N–H and O–H groups in total. The molecule has 0 spiro atoms. The number of hydrogen-bond donors (Lipinski definition) is 1. The highest BCUT2D eigenvalue weighted by atomic mass is 79.9. The summed E-state index contributed by atoms with van der Waals surface area (Å²) in [7, 11) is 1.76. The van der Waals surface area contributed by atoms with Gasteiger partial charge in [-0.1, -0.05) is 0 Å². The van der Waals surface area contributed by atoms with Gasteiger partial charge >= 0.3 is 0 Å². The average molecular weight is 318 g/mol. The summed E-state index contributed by atoms with van der Waals surface area (Å²) in [5, 5.41) is 5.01. The molecule has 1 nitrogen and oxygen atoms in total. The molecule has 0 aliphatic rings. The molecule has 0 aliphatic heterocycles. The second-order valence-corrected chi connectivity index (χ2v) is 5.90. The largest absolute Gasteiger partial charge is 0.309 e. The first-order chi connectivity index (χ1) is 8.10. The van der Waals surface area contributed by atoms with Gasteiger partial charge in [0.15, 0.2) is 0 Å². The number of nitrogens with one attached hydrogen (secondary N) is 1. The highest BCUT2D eigenvalue weighted by Gasteiger charge is 2.15. The molecule has 0 amide bonds. The third-order valence-electron chi connectivity index (χ3n) is 2.43. The molecule has 1 unspecified atom stereocenters. The van der Waals surface area contributed by atoms with Crippen molar-refractivity contribution in [3.63, 3.8) is 0 Å². The van der Waals surface area contributed by atoms with E-state index in [-0.39, 0.29) is 6.04 Å². The fraction of sp³-hybridized carbons (Fsp3) is 0.167. The van der Waals surface area contributed by atoms with Crippen LogP contribution >= 0.6 is 27.3 Å². The first-order valence-corrected chi connectivity index (χ1v) is 6.64. The Morgan fingerprint density at radius 2 is 1.76 bits per heavy atom. The van der Waals surface area contributed by atoms with Crippen molar-refractivity contribution in [1.29, 1.82) is 0 Å². The lowest BCUT2D eigenvalue weighted by molar-refractivity contribution is 0.572. The van der Waals surface area contributed by atoms with Gasteiger partial charge in [0.1, 0.15) is 11.6 Å². The van der Waals surface area contributed by atoms with Crippen LogP contribution in [0.3, 0.4) is 0 Å². The molecule has 0 fully saturated rings. The summed E-state index contributed by atoms with van der Waals surface area (Å²) in [5.74, 6) is -1.12. The molecule has 2 aromatic rings. The smallest absolute Gasteiger partial charge is 0.126 e. The van der Waals surface area contributed by atoms with E-state index in [9.17, 15) is 8.78 Å². The molecule has 2 rings (SSSR count). The zero-order chi connectivity index (χ0) is 12.4. The molecule has 1 heterocycles. The predicted molar refractivity (Wildman–Crippen MR) is 69.3 cm³/mol. The molecule has 90 valence electrons. The SMILES string of the molecule is CNC(c1cc(F)cc(F)c1)c1csc(Br)c1. The van der Waals surface area contributed by atoms with Crippen molar-refractivity contribution in [2.45, 2.75) is 6.04 Å². The number of rotatable bonds is 3. The van der Waals surface area contributed by atoms with E-state index < -0.39 is 11.6 Å². The highest BCUT2D eigenvalue weighted by molar-refractivity contribution is 9.11. The topological polar surface area (TPSA) is 12.0 Å². The van der Waals surface area contributed by atoms with Crippen LogP contribution in [0.2, 0.25) is 0 Å². The summed E-state index contributed by atoms with van der Waals surface area (Å²) in [6, 6.07) is 5.29. The Bertz CT molecular complexity index is 507. The van der Waals surface area contributed by atoms with Crippen LogP contribution in [0.5, 0.6) is 0 Å². The monoisotopic (exact) mass is 317 g/mol. The van der Waals surface area contributed by atoms with Gasteiger partial charge < -0.3 is 5.32 Å². The van der Waals surface area contributed by atoms with Crippen LogP contribution in [0.25, 0.3) is 0 Å². The molecule has 0 aliphatic carbocycles. The molecule has 1 aromatic heterocycles. The van der Waals surface area contributed by atoms with Crippen LogP contribution in [0.15, 0.2) is 33.4 Å². The highest BCUT2D eigenvalue weighted by Crippen LogP contribution is 2.29.